The molecule has 120 valence electrons. The molecule has 1 amide bonds. The first-order valence-electron chi connectivity index (χ1n) is 7.56. The summed E-state index contributed by atoms with van der Waals surface area (Å²) in [6, 6.07) is -0.0879. The van der Waals surface area contributed by atoms with E-state index in [4.69, 9.17) is 6.42 Å². The summed E-state index contributed by atoms with van der Waals surface area (Å²) >= 11 is 0. The molecule has 1 aliphatic heterocycles. The van der Waals surface area contributed by atoms with Gasteiger partial charge < -0.3 is 10.3 Å². The number of nitrogens with one attached hydrogen (secondary N) is 2. The van der Waals surface area contributed by atoms with Gasteiger partial charge in [0.15, 0.2) is 5.66 Å². The van der Waals surface area contributed by atoms with Crippen LogP contribution >= 0.6 is 0 Å². The van der Waals surface area contributed by atoms with Gasteiger partial charge in [-0.05, 0) is 12.8 Å². The van der Waals surface area contributed by atoms with Gasteiger partial charge in [-0.3, -0.25) is 14.2 Å². The van der Waals surface area contributed by atoms with Crippen molar-refractivity contribution < 1.29 is 4.79 Å². The van der Waals surface area contributed by atoms with E-state index in [0.29, 0.717) is 25.8 Å². The molecule has 2 aliphatic rings. The summed E-state index contributed by atoms with van der Waals surface area (Å²) in [5.41, 5.74) is -1.55. The predicted molar refractivity (Wildman–Crippen MR) is 82.2 cm³/mol. The van der Waals surface area contributed by atoms with Crippen molar-refractivity contribution in [2.75, 3.05) is 6.54 Å². The molecule has 0 spiro atoms. The van der Waals surface area contributed by atoms with Crippen LogP contribution in [0, 0.1) is 12.3 Å². The molecule has 8 nitrogen and oxygen atoms in total. The number of H-pyrrole nitrogens is 1. The summed E-state index contributed by atoms with van der Waals surface area (Å²) in [5.74, 6) is 2.03. The highest BCUT2D eigenvalue weighted by Crippen LogP contribution is 2.36. The van der Waals surface area contributed by atoms with E-state index in [1.807, 2.05) is 0 Å². The van der Waals surface area contributed by atoms with Crippen molar-refractivity contribution in [3.05, 3.63) is 32.6 Å². The van der Waals surface area contributed by atoms with Gasteiger partial charge in [-0.15, -0.1) is 12.3 Å². The molecule has 23 heavy (non-hydrogen) atoms. The maximum absolute atomic E-state index is 12.2. The zero-order chi connectivity index (χ0) is 16.4. The summed E-state index contributed by atoms with van der Waals surface area (Å²) in [6.45, 7) is 0.332. The van der Waals surface area contributed by atoms with Crippen LogP contribution in [0.15, 0.2) is 26.0 Å². The second-order valence-electron chi connectivity index (χ2n) is 5.81. The van der Waals surface area contributed by atoms with Crippen LogP contribution < -0.4 is 16.6 Å². The number of terminal acetylenes is 1. The van der Waals surface area contributed by atoms with Crippen molar-refractivity contribution >= 4 is 5.91 Å². The van der Waals surface area contributed by atoms with Crippen LogP contribution in [-0.2, 0) is 0 Å². The monoisotopic (exact) mass is 315 g/mol. The van der Waals surface area contributed by atoms with E-state index in [1.165, 1.54) is 6.20 Å². The highest BCUT2D eigenvalue weighted by molar-refractivity contribution is 5.93. The zero-order valence-electron chi connectivity index (χ0n) is 12.5. The lowest BCUT2D eigenvalue weighted by Gasteiger charge is -2.10. The normalized spacial score (nSPS) is 17.5. The topological polar surface area (TPSA) is 109 Å². The molecule has 0 aromatic carbocycles. The summed E-state index contributed by atoms with van der Waals surface area (Å²) in [4.78, 5) is 38.5. The predicted octanol–water partition coefficient (Wildman–Crippen LogP) is 0.567. The number of hydrogen-bond acceptors (Lipinski definition) is 5. The number of carbonyl (C=O) groups excluding carboxylic acids is 1. The van der Waals surface area contributed by atoms with Crippen LogP contribution in [0.3, 0.4) is 0 Å². The fourth-order valence-corrected chi connectivity index (χ4v) is 2.45. The fraction of sp³-hybridized carbons (Fsp3) is 0.533. The first kappa shape index (κ1) is 15.2. The molecule has 1 fully saturated rings. The van der Waals surface area contributed by atoms with E-state index in [1.54, 1.807) is 0 Å². The first-order valence-corrected chi connectivity index (χ1v) is 7.56. The Labute approximate surface area is 132 Å². The number of aromatic nitrogens is 2. The summed E-state index contributed by atoms with van der Waals surface area (Å²) in [7, 11) is 0. The van der Waals surface area contributed by atoms with Gasteiger partial charge in [0.25, 0.3) is 11.5 Å². The Balaban J connectivity index is 1.61. The number of amides is 1. The third-order valence-electron chi connectivity index (χ3n) is 4.03. The quantitative estimate of drug-likeness (QED) is 0.718. The molecule has 2 heterocycles. The Kier molecular flexibility index (Phi) is 3.86. The van der Waals surface area contributed by atoms with Crippen molar-refractivity contribution in [1.82, 2.24) is 14.9 Å². The van der Waals surface area contributed by atoms with E-state index in [9.17, 15) is 14.4 Å². The van der Waals surface area contributed by atoms with Gasteiger partial charge >= 0.3 is 5.69 Å². The molecule has 1 saturated carbocycles. The number of nitrogens with zero attached hydrogens (tertiary/aromatic N) is 3. The molecule has 0 atom stereocenters. The zero-order valence-corrected chi connectivity index (χ0v) is 12.5. The Morgan fingerprint density at radius 3 is 2.78 bits per heavy atom. The standard InChI is InChI=1S/C15H17N5O3/c1-2-3-6-15(18-19-15)7-8-16-12(21)11-9-17-14(23)20(13(11)22)10-4-5-10/h1,9-10H,3-8H2,(H,16,21)(H,17,23). The third-order valence-corrected chi connectivity index (χ3v) is 4.03. The van der Waals surface area contributed by atoms with Gasteiger partial charge in [-0.25, -0.2) is 4.79 Å². The lowest BCUT2D eigenvalue weighted by atomic mass is 10.0. The molecule has 2 N–H and O–H groups in total. The first-order chi connectivity index (χ1) is 11.1. The average Bonchev–Trinajstić information content (AvgIpc) is 3.41. The largest absolute Gasteiger partial charge is 0.352 e. The fourth-order valence-electron chi connectivity index (χ4n) is 2.45. The van der Waals surface area contributed by atoms with Gasteiger partial charge in [0.1, 0.15) is 5.56 Å². The number of rotatable bonds is 7. The van der Waals surface area contributed by atoms with E-state index in [-0.39, 0.29) is 11.6 Å². The highest BCUT2D eigenvalue weighted by atomic mass is 16.2. The Hall–Kier alpha value is -2.69. The van der Waals surface area contributed by atoms with Crippen molar-refractivity contribution in [2.24, 2.45) is 10.2 Å². The van der Waals surface area contributed by atoms with E-state index >= 15 is 0 Å². The van der Waals surface area contributed by atoms with Crippen LogP contribution in [0.1, 0.15) is 48.5 Å². The minimum atomic E-state index is -0.545. The second-order valence-corrected chi connectivity index (χ2v) is 5.81. The molecule has 0 saturated heterocycles. The van der Waals surface area contributed by atoms with E-state index in [0.717, 1.165) is 17.4 Å². The van der Waals surface area contributed by atoms with Crippen LogP contribution in [0.4, 0.5) is 0 Å². The Morgan fingerprint density at radius 1 is 1.43 bits per heavy atom. The van der Waals surface area contributed by atoms with Gasteiger partial charge in [0, 0.05) is 38.0 Å². The second kappa shape index (κ2) is 5.83. The minimum Gasteiger partial charge on any atom is -0.352 e. The van der Waals surface area contributed by atoms with Crippen LogP contribution in [0.5, 0.6) is 0 Å². The Morgan fingerprint density at radius 2 is 2.17 bits per heavy atom. The molecule has 1 aromatic rings. The molecule has 1 aliphatic carbocycles. The molecule has 8 heteroatoms. The summed E-state index contributed by atoms with van der Waals surface area (Å²) in [5, 5.41) is 10.6. The summed E-state index contributed by atoms with van der Waals surface area (Å²) in [6.07, 6.45) is 9.74. The van der Waals surface area contributed by atoms with Crippen molar-refractivity contribution in [2.45, 2.75) is 43.8 Å². The molecule has 1 aromatic heterocycles. The number of hydrogen-bond donors (Lipinski definition) is 2. The SMILES string of the molecule is C#CCCC1(CCNC(=O)c2c[nH]c(=O)n(C3CC3)c2=O)N=N1. The lowest BCUT2D eigenvalue weighted by Crippen LogP contribution is -2.40. The lowest BCUT2D eigenvalue weighted by molar-refractivity contribution is 0.0949. The molecule has 0 bridgehead atoms. The highest BCUT2D eigenvalue weighted by Gasteiger charge is 2.38. The molecule has 0 unspecified atom stereocenters. The van der Waals surface area contributed by atoms with Crippen molar-refractivity contribution in [3.63, 3.8) is 0 Å². The summed E-state index contributed by atoms with van der Waals surface area (Å²) < 4.78 is 1.12. The average molecular weight is 315 g/mol. The smallest absolute Gasteiger partial charge is 0.328 e. The van der Waals surface area contributed by atoms with Gasteiger partial charge in [0.2, 0.25) is 0 Å². The minimum absolute atomic E-state index is 0.0566. The van der Waals surface area contributed by atoms with Gasteiger partial charge in [-0.2, -0.15) is 10.2 Å². The maximum atomic E-state index is 12.2. The van der Waals surface area contributed by atoms with Crippen LogP contribution in [0.2, 0.25) is 0 Å². The third kappa shape index (κ3) is 3.23. The number of aromatic amines is 1. The van der Waals surface area contributed by atoms with E-state index in [2.05, 4.69) is 26.4 Å². The molecule has 3 rings (SSSR count). The molecule has 0 radical (unpaired) electrons. The molecular formula is C15H17N5O3. The van der Waals surface area contributed by atoms with Crippen molar-refractivity contribution in [3.8, 4) is 12.3 Å². The van der Waals surface area contributed by atoms with Gasteiger partial charge in [0.05, 0.1) is 0 Å². The van der Waals surface area contributed by atoms with E-state index < -0.39 is 22.8 Å². The number of carbonyl (C=O) groups is 1. The van der Waals surface area contributed by atoms with Crippen LogP contribution in [0.25, 0.3) is 0 Å². The van der Waals surface area contributed by atoms with Crippen molar-refractivity contribution in [1.29, 1.82) is 0 Å². The van der Waals surface area contributed by atoms with Crippen LogP contribution in [-0.4, -0.2) is 27.7 Å². The Bertz CT molecular complexity index is 804. The maximum Gasteiger partial charge on any atom is 0.328 e. The molecular weight excluding hydrogens is 298 g/mol. The van der Waals surface area contributed by atoms with Gasteiger partial charge in [-0.1, -0.05) is 0 Å².